The molecule has 0 aromatic carbocycles. The molecule has 2 saturated heterocycles. The molecule has 0 unspecified atom stereocenters. The molecule has 0 N–H and O–H groups in total. The topological polar surface area (TPSA) is 71.7 Å². The summed E-state index contributed by atoms with van der Waals surface area (Å²) < 4.78 is 11.2. The van der Waals surface area contributed by atoms with Crippen molar-refractivity contribution >= 4 is 23.2 Å². The predicted molar refractivity (Wildman–Crippen MR) is 93.5 cm³/mol. The van der Waals surface area contributed by atoms with Crippen molar-refractivity contribution in [3.05, 3.63) is 17.8 Å². The minimum atomic E-state index is 0.122. The highest BCUT2D eigenvalue weighted by Gasteiger charge is 2.28. The van der Waals surface area contributed by atoms with Gasteiger partial charge in [0.05, 0.1) is 0 Å². The van der Waals surface area contributed by atoms with Gasteiger partial charge in [-0.25, -0.2) is 4.98 Å². The molecule has 2 aromatic rings. The number of carbonyl (C=O) groups excluding carboxylic acids is 1. The third-order valence-corrected chi connectivity index (χ3v) is 5.03. The van der Waals surface area contributed by atoms with Crippen LogP contribution in [0, 0.1) is 12.8 Å². The molecule has 7 nitrogen and oxygen atoms in total. The molecule has 2 fully saturated rings. The molecule has 2 aliphatic rings. The van der Waals surface area contributed by atoms with Crippen LogP contribution < -0.4 is 4.90 Å². The zero-order chi connectivity index (χ0) is 17.2. The molecule has 0 bridgehead atoms. The Balaban J connectivity index is 1.44. The number of oxazole rings is 1. The van der Waals surface area contributed by atoms with Crippen LogP contribution in [0.3, 0.4) is 0 Å². The summed E-state index contributed by atoms with van der Waals surface area (Å²) in [6.07, 6.45) is 2.60. The van der Waals surface area contributed by atoms with Crippen LogP contribution in [-0.2, 0) is 9.53 Å². The van der Waals surface area contributed by atoms with E-state index in [1.807, 2.05) is 24.0 Å². The summed E-state index contributed by atoms with van der Waals surface area (Å²) in [5.74, 6) is 0.400. The van der Waals surface area contributed by atoms with Crippen LogP contribution in [0.4, 0.5) is 6.01 Å². The van der Waals surface area contributed by atoms with Crippen molar-refractivity contribution in [2.24, 2.45) is 5.92 Å². The fraction of sp³-hybridized carbons (Fsp3) is 0.611. The number of nitrogens with zero attached hydrogens (tertiary/aromatic N) is 4. The number of carbonyl (C=O) groups is 1. The summed E-state index contributed by atoms with van der Waals surface area (Å²) in [5, 5.41) is 0. The number of aryl methyl sites for hydroxylation is 1. The first-order valence-electron chi connectivity index (χ1n) is 9.06. The van der Waals surface area contributed by atoms with Gasteiger partial charge < -0.3 is 19.0 Å². The molecule has 0 radical (unpaired) electrons. The van der Waals surface area contributed by atoms with Gasteiger partial charge in [0.25, 0.3) is 6.01 Å². The molecule has 0 atom stereocenters. The summed E-state index contributed by atoms with van der Waals surface area (Å²) in [6, 6.07) is 4.44. The molecule has 7 heteroatoms. The van der Waals surface area contributed by atoms with Crippen molar-refractivity contribution in [1.82, 2.24) is 14.9 Å². The molecule has 0 aliphatic carbocycles. The van der Waals surface area contributed by atoms with Gasteiger partial charge in [0.1, 0.15) is 0 Å². The lowest BCUT2D eigenvalue weighted by Crippen LogP contribution is -2.40. The van der Waals surface area contributed by atoms with Crippen molar-refractivity contribution in [3.8, 4) is 0 Å². The summed E-state index contributed by atoms with van der Waals surface area (Å²) in [5.41, 5.74) is 2.28. The fourth-order valence-electron chi connectivity index (χ4n) is 3.57. The van der Waals surface area contributed by atoms with Crippen molar-refractivity contribution in [2.45, 2.75) is 26.2 Å². The minimum absolute atomic E-state index is 0.122. The van der Waals surface area contributed by atoms with Crippen LogP contribution in [-0.4, -0.2) is 60.2 Å². The Bertz CT molecular complexity index is 754. The van der Waals surface area contributed by atoms with Crippen LogP contribution >= 0.6 is 0 Å². The van der Waals surface area contributed by atoms with Gasteiger partial charge in [-0.05, 0) is 38.3 Å². The summed E-state index contributed by atoms with van der Waals surface area (Å²) in [7, 11) is 0. The Morgan fingerprint density at radius 3 is 2.80 bits per heavy atom. The molecule has 25 heavy (non-hydrogen) atoms. The van der Waals surface area contributed by atoms with Crippen LogP contribution in [0.2, 0.25) is 0 Å². The summed E-state index contributed by atoms with van der Waals surface area (Å²) in [6.45, 7) is 6.42. The molecule has 134 valence electrons. The average Bonchev–Trinajstić information content (AvgIpc) is 2.89. The normalized spacial score (nSPS) is 20.0. The highest BCUT2D eigenvalue weighted by molar-refractivity contribution is 5.79. The first-order chi connectivity index (χ1) is 12.2. The third-order valence-electron chi connectivity index (χ3n) is 5.03. The van der Waals surface area contributed by atoms with Crippen LogP contribution in [0.5, 0.6) is 0 Å². The summed E-state index contributed by atoms with van der Waals surface area (Å²) in [4.78, 5) is 25.8. The largest absolute Gasteiger partial charge is 0.422 e. The van der Waals surface area contributed by atoms with E-state index in [1.165, 1.54) is 0 Å². The average molecular weight is 344 g/mol. The predicted octanol–water partition coefficient (Wildman–Crippen LogP) is 2.00. The van der Waals surface area contributed by atoms with Crippen molar-refractivity contribution in [3.63, 3.8) is 0 Å². The number of pyridine rings is 1. The molecule has 1 amide bonds. The Kier molecular flexibility index (Phi) is 4.57. The number of rotatable bonds is 2. The molecular formula is C18H24N4O3. The Morgan fingerprint density at radius 1 is 1.12 bits per heavy atom. The van der Waals surface area contributed by atoms with Crippen LogP contribution in [0.15, 0.2) is 16.5 Å². The number of aromatic nitrogens is 2. The number of anilines is 1. The SMILES string of the molecule is Cc1ccc2oc(N3CCCN(C(=O)C4CCOCC4)CC3)nc2n1. The van der Waals surface area contributed by atoms with Gasteiger partial charge >= 0.3 is 0 Å². The lowest BCUT2D eigenvalue weighted by molar-refractivity contribution is -0.138. The molecular weight excluding hydrogens is 320 g/mol. The van der Waals surface area contributed by atoms with E-state index in [0.717, 1.165) is 44.6 Å². The second-order valence-corrected chi connectivity index (χ2v) is 6.82. The fourth-order valence-corrected chi connectivity index (χ4v) is 3.57. The van der Waals surface area contributed by atoms with E-state index in [2.05, 4.69) is 14.9 Å². The van der Waals surface area contributed by atoms with Crippen molar-refractivity contribution in [1.29, 1.82) is 0 Å². The lowest BCUT2D eigenvalue weighted by atomic mass is 9.98. The number of amides is 1. The maximum absolute atomic E-state index is 12.7. The van der Waals surface area contributed by atoms with Crippen LogP contribution in [0.25, 0.3) is 11.2 Å². The van der Waals surface area contributed by atoms with Crippen LogP contribution in [0.1, 0.15) is 25.0 Å². The smallest absolute Gasteiger partial charge is 0.300 e. The maximum atomic E-state index is 12.7. The second-order valence-electron chi connectivity index (χ2n) is 6.82. The van der Waals surface area contributed by atoms with Gasteiger partial charge in [0.2, 0.25) is 11.6 Å². The zero-order valence-corrected chi connectivity index (χ0v) is 14.6. The first-order valence-corrected chi connectivity index (χ1v) is 9.06. The Labute approximate surface area is 147 Å². The van der Waals surface area contributed by atoms with Gasteiger partial charge in [0.15, 0.2) is 5.58 Å². The highest BCUT2D eigenvalue weighted by atomic mass is 16.5. The number of ether oxygens (including phenoxy) is 1. The monoisotopic (exact) mass is 344 g/mol. The van der Waals surface area contributed by atoms with Gasteiger partial charge in [-0.3, -0.25) is 4.79 Å². The van der Waals surface area contributed by atoms with E-state index in [0.29, 0.717) is 37.0 Å². The lowest BCUT2D eigenvalue weighted by Gasteiger charge is -2.28. The Hall–Kier alpha value is -2.15. The standard InChI is InChI=1S/C18H24N4O3/c1-13-3-4-15-16(19-13)20-18(25-15)22-8-2-7-21(9-10-22)17(23)14-5-11-24-12-6-14/h3-4,14H,2,5-12H2,1H3. The van der Waals surface area contributed by atoms with Gasteiger partial charge in [-0.2, -0.15) is 4.98 Å². The quantitative estimate of drug-likeness (QED) is 0.830. The third kappa shape index (κ3) is 3.46. The molecule has 4 heterocycles. The minimum Gasteiger partial charge on any atom is -0.422 e. The van der Waals surface area contributed by atoms with Crippen molar-refractivity contribution in [2.75, 3.05) is 44.3 Å². The van der Waals surface area contributed by atoms with E-state index >= 15 is 0 Å². The van der Waals surface area contributed by atoms with E-state index in [4.69, 9.17) is 9.15 Å². The summed E-state index contributed by atoms with van der Waals surface area (Å²) >= 11 is 0. The Morgan fingerprint density at radius 2 is 1.96 bits per heavy atom. The number of hydrogen-bond donors (Lipinski definition) is 0. The first kappa shape index (κ1) is 16.3. The number of fused-ring (bicyclic) bond motifs is 1. The number of hydrogen-bond acceptors (Lipinski definition) is 6. The van der Waals surface area contributed by atoms with Gasteiger partial charge in [-0.1, -0.05) is 0 Å². The highest BCUT2D eigenvalue weighted by Crippen LogP contribution is 2.23. The van der Waals surface area contributed by atoms with E-state index in [1.54, 1.807) is 0 Å². The van der Waals surface area contributed by atoms with Gasteiger partial charge in [0, 0.05) is 51.0 Å². The van der Waals surface area contributed by atoms with E-state index in [9.17, 15) is 4.79 Å². The maximum Gasteiger partial charge on any atom is 0.300 e. The molecule has 2 aliphatic heterocycles. The molecule has 4 rings (SSSR count). The van der Waals surface area contributed by atoms with Crippen molar-refractivity contribution < 1.29 is 13.9 Å². The molecule has 0 saturated carbocycles. The van der Waals surface area contributed by atoms with E-state index < -0.39 is 0 Å². The van der Waals surface area contributed by atoms with E-state index in [-0.39, 0.29) is 11.8 Å². The molecule has 0 spiro atoms. The van der Waals surface area contributed by atoms with Gasteiger partial charge in [-0.15, -0.1) is 0 Å². The second kappa shape index (κ2) is 7.00. The molecule has 2 aromatic heterocycles. The zero-order valence-electron chi connectivity index (χ0n) is 14.6.